The fraction of sp³-hybridized carbons (Fsp3) is 0.800. The lowest BCUT2D eigenvalue weighted by Gasteiger charge is -2.29. The number of hydrogen-bond acceptors (Lipinski definition) is 4. The minimum atomic E-state index is -0.863. The molecule has 1 aliphatic carbocycles. The van der Waals surface area contributed by atoms with Crippen LogP contribution in [0.25, 0.3) is 0 Å². The summed E-state index contributed by atoms with van der Waals surface area (Å²) in [4.78, 5) is 13.1. The number of thioether (sulfide) groups is 1. The Hall–Kier alpha value is -0.263. The maximum Gasteiger partial charge on any atom is 0.273 e. The molecule has 0 aromatic heterocycles. The largest absolute Gasteiger partial charge is 0.544 e. The fourth-order valence-corrected chi connectivity index (χ4v) is 4.12. The zero-order valence-electron chi connectivity index (χ0n) is 13.3. The predicted molar refractivity (Wildman–Crippen MR) is 86.9 cm³/mol. The van der Waals surface area contributed by atoms with E-state index in [0.29, 0.717) is 6.42 Å². The molecular formula is C15H27O3SSi. The lowest BCUT2D eigenvalue weighted by Crippen LogP contribution is -2.24. The van der Waals surface area contributed by atoms with Crippen LogP contribution in [0.2, 0.25) is 13.1 Å². The fourth-order valence-electron chi connectivity index (χ4n) is 2.24. The molecule has 0 heterocycles. The van der Waals surface area contributed by atoms with Gasteiger partial charge < -0.3 is 9.53 Å². The molecule has 1 radical (unpaired) electrons. The van der Waals surface area contributed by atoms with E-state index in [1.165, 1.54) is 0 Å². The SMILES string of the molecule is C[Si](C)OC1=C(SCCCCO)C(=O)C[C@@H]1C(C)(C)C. The number of Topliss-reactive ketones (excluding diaryl/α,β-unsaturated/α-hetero) is 1. The Labute approximate surface area is 128 Å². The summed E-state index contributed by atoms with van der Waals surface area (Å²) in [7, 11) is -0.863. The molecule has 1 atom stereocenters. The van der Waals surface area contributed by atoms with Crippen molar-refractivity contribution in [2.75, 3.05) is 12.4 Å². The Bertz CT molecular complexity index is 372. The van der Waals surface area contributed by atoms with E-state index in [2.05, 4.69) is 33.9 Å². The number of aliphatic hydroxyl groups excluding tert-OH is 1. The number of ketones is 1. The summed E-state index contributed by atoms with van der Waals surface area (Å²) in [6, 6.07) is 0. The Morgan fingerprint density at radius 3 is 2.50 bits per heavy atom. The molecule has 1 N–H and O–H groups in total. The van der Waals surface area contributed by atoms with Crippen LogP contribution in [0.5, 0.6) is 0 Å². The summed E-state index contributed by atoms with van der Waals surface area (Å²) in [6.07, 6.45) is 2.31. The first-order valence-electron chi connectivity index (χ1n) is 7.26. The molecule has 0 aromatic carbocycles. The number of carbonyl (C=O) groups is 1. The van der Waals surface area contributed by atoms with E-state index in [1.54, 1.807) is 11.8 Å². The van der Waals surface area contributed by atoms with E-state index in [9.17, 15) is 4.79 Å². The number of allylic oxidation sites excluding steroid dienone is 2. The molecule has 115 valence electrons. The van der Waals surface area contributed by atoms with Crippen LogP contribution in [0.4, 0.5) is 0 Å². The van der Waals surface area contributed by atoms with Gasteiger partial charge in [0, 0.05) is 18.9 Å². The average Bonchev–Trinajstić information content (AvgIpc) is 2.61. The molecule has 20 heavy (non-hydrogen) atoms. The van der Waals surface area contributed by atoms with Crippen LogP contribution in [0, 0.1) is 11.3 Å². The Balaban J connectivity index is 2.87. The highest BCUT2D eigenvalue weighted by Crippen LogP contribution is 2.45. The van der Waals surface area contributed by atoms with Gasteiger partial charge in [0.1, 0.15) is 5.76 Å². The smallest absolute Gasteiger partial charge is 0.273 e. The molecule has 3 nitrogen and oxygen atoms in total. The van der Waals surface area contributed by atoms with Crippen LogP contribution < -0.4 is 0 Å². The molecule has 0 unspecified atom stereocenters. The van der Waals surface area contributed by atoms with Crippen molar-refractivity contribution >= 4 is 26.6 Å². The van der Waals surface area contributed by atoms with Gasteiger partial charge in [0.25, 0.3) is 9.04 Å². The van der Waals surface area contributed by atoms with Gasteiger partial charge in [-0.3, -0.25) is 4.79 Å². The summed E-state index contributed by atoms with van der Waals surface area (Å²) in [5, 5.41) is 8.82. The van der Waals surface area contributed by atoms with Crippen molar-refractivity contribution in [3.8, 4) is 0 Å². The van der Waals surface area contributed by atoms with Crippen molar-refractivity contribution in [2.45, 2.75) is 53.1 Å². The molecule has 0 aliphatic heterocycles. The highest BCUT2D eigenvalue weighted by atomic mass is 32.2. The van der Waals surface area contributed by atoms with Crippen molar-refractivity contribution in [2.24, 2.45) is 11.3 Å². The standard InChI is InChI=1S/C15H27O3SSi/c1-15(2,3)11-10-12(17)14(13(11)18-20(4)5)19-9-7-6-8-16/h11,16H,6-10H2,1-5H3/t11-/m0/s1. The lowest BCUT2D eigenvalue weighted by molar-refractivity contribution is -0.115. The molecule has 0 bridgehead atoms. The molecular weight excluding hydrogens is 288 g/mol. The highest BCUT2D eigenvalue weighted by Gasteiger charge is 2.40. The second-order valence-corrected chi connectivity index (χ2v) is 9.65. The normalized spacial score (nSPS) is 20.1. The molecule has 1 aliphatic rings. The third-order valence-electron chi connectivity index (χ3n) is 3.34. The summed E-state index contributed by atoms with van der Waals surface area (Å²) < 4.78 is 6.08. The number of rotatable bonds is 7. The lowest BCUT2D eigenvalue weighted by atomic mass is 9.79. The van der Waals surface area contributed by atoms with Gasteiger partial charge in [0.2, 0.25) is 0 Å². The second kappa shape index (κ2) is 7.66. The van der Waals surface area contributed by atoms with Crippen LogP contribution >= 0.6 is 11.8 Å². The predicted octanol–water partition coefficient (Wildman–Crippen LogP) is 3.61. The van der Waals surface area contributed by atoms with E-state index in [-0.39, 0.29) is 23.7 Å². The quantitative estimate of drug-likeness (QED) is 0.576. The first-order chi connectivity index (χ1) is 9.27. The minimum absolute atomic E-state index is 0.0513. The summed E-state index contributed by atoms with van der Waals surface area (Å²) in [5.41, 5.74) is 0.0513. The van der Waals surface area contributed by atoms with E-state index < -0.39 is 9.04 Å². The van der Waals surface area contributed by atoms with Crippen LogP contribution in [0.1, 0.15) is 40.0 Å². The number of carbonyl (C=O) groups excluding carboxylic acids is 1. The topological polar surface area (TPSA) is 46.5 Å². The van der Waals surface area contributed by atoms with Gasteiger partial charge in [-0.15, -0.1) is 11.8 Å². The maximum atomic E-state index is 12.3. The summed E-state index contributed by atoms with van der Waals surface area (Å²) in [5.74, 6) is 2.25. The molecule has 1 rings (SSSR count). The molecule has 0 amide bonds. The van der Waals surface area contributed by atoms with Crippen molar-refractivity contribution < 1.29 is 14.3 Å². The van der Waals surface area contributed by atoms with E-state index in [0.717, 1.165) is 29.3 Å². The van der Waals surface area contributed by atoms with Gasteiger partial charge in [-0.2, -0.15) is 0 Å². The zero-order chi connectivity index (χ0) is 15.3. The summed E-state index contributed by atoms with van der Waals surface area (Å²) >= 11 is 1.61. The van der Waals surface area contributed by atoms with Crippen molar-refractivity contribution in [3.63, 3.8) is 0 Å². The Morgan fingerprint density at radius 1 is 1.35 bits per heavy atom. The number of hydrogen-bond donors (Lipinski definition) is 1. The van der Waals surface area contributed by atoms with Gasteiger partial charge in [-0.25, -0.2) is 0 Å². The van der Waals surface area contributed by atoms with Crippen molar-refractivity contribution in [1.82, 2.24) is 0 Å². The van der Waals surface area contributed by atoms with Crippen molar-refractivity contribution in [1.29, 1.82) is 0 Å². The molecule has 0 aromatic rings. The van der Waals surface area contributed by atoms with Gasteiger partial charge in [0.15, 0.2) is 5.78 Å². The Kier molecular flexibility index (Phi) is 6.81. The first-order valence-corrected chi connectivity index (χ1v) is 10.7. The monoisotopic (exact) mass is 315 g/mol. The molecule has 0 saturated heterocycles. The van der Waals surface area contributed by atoms with Gasteiger partial charge in [-0.1, -0.05) is 20.8 Å². The van der Waals surface area contributed by atoms with Crippen LogP contribution in [-0.2, 0) is 9.22 Å². The van der Waals surface area contributed by atoms with Gasteiger partial charge in [0.05, 0.1) is 4.91 Å². The van der Waals surface area contributed by atoms with Crippen molar-refractivity contribution in [3.05, 3.63) is 10.7 Å². The molecule has 0 spiro atoms. The maximum absolute atomic E-state index is 12.3. The third kappa shape index (κ3) is 4.93. The number of unbranched alkanes of at least 4 members (excludes halogenated alkanes) is 1. The molecule has 0 fully saturated rings. The third-order valence-corrected chi connectivity index (χ3v) is 5.18. The first kappa shape index (κ1) is 17.8. The van der Waals surface area contributed by atoms with Gasteiger partial charge in [-0.05, 0) is 37.1 Å². The van der Waals surface area contributed by atoms with Gasteiger partial charge >= 0.3 is 0 Å². The molecule has 0 saturated carbocycles. The zero-order valence-corrected chi connectivity index (χ0v) is 15.1. The molecule has 5 heteroatoms. The number of aliphatic hydroxyl groups is 1. The van der Waals surface area contributed by atoms with Crippen LogP contribution in [-0.4, -0.2) is 32.3 Å². The Morgan fingerprint density at radius 2 is 2.00 bits per heavy atom. The second-order valence-electron chi connectivity index (χ2n) is 6.53. The van der Waals surface area contributed by atoms with E-state index in [1.807, 2.05) is 0 Å². The average molecular weight is 316 g/mol. The van der Waals surface area contributed by atoms with E-state index in [4.69, 9.17) is 9.53 Å². The van der Waals surface area contributed by atoms with E-state index >= 15 is 0 Å². The van der Waals surface area contributed by atoms with Crippen LogP contribution in [0.3, 0.4) is 0 Å². The highest BCUT2D eigenvalue weighted by molar-refractivity contribution is 8.04. The summed E-state index contributed by atoms with van der Waals surface area (Å²) in [6.45, 7) is 10.9. The minimum Gasteiger partial charge on any atom is -0.544 e. The van der Waals surface area contributed by atoms with Crippen LogP contribution in [0.15, 0.2) is 10.7 Å².